The van der Waals surface area contributed by atoms with E-state index in [1.54, 1.807) is 11.3 Å². The lowest BCUT2D eigenvalue weighted by Gasteiger charge is -2.19. The molecule has 1 aromatic heterocycles. The molecule has 1 N–H and O–H groups in total. The summed E-state index contributed by atoms with van der Waals surface area (Å²) in [5.74, 6) is 0. The van der Waals surface area contributed by atoms with Crippen LogP contribution in [0.25, 0.3) is 0 Å². The lowest BCUT2D eigenvalue weighted by molar-refractivity contribution is 0.383. The van der Waals surface area contributed by atoms with Crippen LogP contribution in [0.2, 0.25) is 0 Å². The normalized spacial score (nSPS) is 20.2. The second-order valence-corrected chi connectivity index (χ2v) is 5.91. The molecule has 0 amide bonds. The highest BCUT2D eigenvalue weighted by Crippen LogP contribution is 2.47. The molecular weight excluding hydrogens is 204 g/mol. The van der Waals surface area contributed by atoms with Crippen molar-refractivity contribution < 1.29 is 0 Å². The van der Waals surface area contributed by atoms with Crippen LogP contribution in [0.5, 0.6) is 0 Å². The van der Waals surface area contributed by atoms with Crippen molar-refractivity contribution in [3.05, 3.63) is 16.1 Å². The Labute approximate surface area is 96.1 Å². The second-order valence-electron chi connectivity index (χ2n) is 4.96. The van der Waals surface area contributed by atoms with E-state index >= 15 is 0 Å². The van der Waals surface area contributed by atoms with E-state index in [2.05, 4.69) is 36.5 Å². The van der Waals surface area contributed by atoms with Crippen LogP contribution in [0.4, 0.5) is 0 Å². The molecule has 1 aromatic rings. The molecule has 1 fully saturated rings. The molecule has 2 rings (SSSR count). The molecular formula is C12H20N2S. The van der Waals surface area contributed by atoms with Gasteiger partial charge >= 0.3 is 0 Å². The summed E-state index contributed by atoms with van der Waals surface area (Å²) in [5, 5.41) is 6.99. The Morgan fingerprint density at radius 3 is 2.87 bits per heavy atom. The van der Waals surface area contributed by atoms with Gasteiger partial charge in [-0.25, -0.2) is 4.98 Å². The van der Waals surface area contributed by atoms with Crippen LogP contribution in [0.3, 0.4) is 0 Å². The van der Waals surface area contributed by atoms with Crippen molar-refractivity contribution in [2.45, 2.75) is 46.1 Å². The number of hydrogen-bond donors (Lipinski definition) is 1. The van der Waals surface area contributed by atoms with Gasteiger partial charge in [0.05, 0.1) is 5.01 Å². The lowest BCUT2D eigenvalue weighted by Crippen LogP contribution is -2.34. The van der Waals surface area contributed by atoms with Crippen molar-refractivity contribution in [1.29, 1.82) is 0 Å². The van der Waals surface area contributed by atoms with Gasteiger partial charge in [0.1, 0.15) is 0 Å². The van der Waals surface area contributed by atoms with Crippen LogP contribution in [-0.4, -0.2) is 17.6 Å². The van der Waals surface area contributed by atoms with E-state index in [9.17, 15) is 0 Å². The van der Waals surface area contributed by atoms with Gasteiger partial charge in [-0.15, -0.1) is 11.3 Å². The zero-order valence-corrected chi connectivity index (χ0v) is 10.7. The number of hydrogen-bond acceptors (Lipinski definition) is 3. The number of nitrogens with one attached hydrogen (secondary N) is 1. The van der Waals surface area contributed by atoms with Crippen molar-refractivity contribution in [2.75, 3.05) is 6.54 Å². The first-order valence-corrected chi connectivity index (χ1v) is 6.62. The molecule has 0 bridgehead atoms. The molecule has 15 heavy (non-hydrogen) atoms. The maximum Gasteiger partial charge on any atom is 0.0940 e. The molecule has 0 saturated heterocycles. The van der Waals surface area contributed by atoms with Crippen molar-refractivity contribution in [1.82, 2.24) is 10.3 Å². The van der Waals surface area contributed by atoms with Gasteiger partial charge in [0.25, 0.3) is 0 Å². The summed E-state index contributed by atoms with van der Waals surface area (Å²) in [6.07, 6.45) is 3.84. The summed E-state index contributed by atoms with van der Waals surface area (Å²) in [5.41, 5.74) is 1.73. The SMILES string of the molecule is Cc1csc(CCNC(C)C2(C)CC2)n1. The molecule has 1 aliphatic carbocycles. The maximum atomic E-state index is 4.46. The molecule has 1 unspecified atom stereocenters. The molecule has 84 valence electrons. The monoisotopic (exact) mass is 224 g/mol. The predicted octanol–water partition coefficient (Wildman–Crippen LogP) is 2.77. The van der Waals surface area contributed by atoms with E-state index < -0.39 is 0 Å². The Morgan fingerprint density at radius 2 is 2.33 bits per heavy atom. The van der Waals surface area contributed by atoms with Gasteiger partial charge in [0, 0.05) is 30.1 Å². The van der Waals surface area contributed by atoms with E-state index in [4.69, 9.17) is 0 Å². The molecule has 0 spiro atoms. The van der Waals surface area contributed by atoms with Crippen LogP contribution >= 0.6 is 11.3 Å². The van der Waals surface area contributed by atoms with Gasteiger partial charge in [-0.1, -0.05) is 6.92 Å². The highest BCUT2D eigenvalue weighted by molar-refractivity contribution is 7.09. The minimum Gasteiger partial charge on any atom is -0.313 e. The Hall–Kier alpha value is -0.410. The molecule has 0 aliphatic heterocycles. The van der Waals surface area contributed by atoms with Gasteiger partial charge in [-0.05, 0) is 32.1 Å². The zero-order chi connectivity index (χ0) is 10.9. The Morgan fingerprint density at radius 1 is 1.60 bits per heavy atom. The molecule has 1 aliphatic rings. The first-order chi connectivity index (χ1) is 7.10. The molecule has 3 heteroatoms. The highest BCUT2D eigenvalue weighted by Gasteiger charge is 2.41. The van der Waals surface area contributed by atoms with Gasteiger partial charge in [-0.3, -0.25) is 0 Å². The van der Waals surface area contributed by atoms with E-state index in [0.717, 1.165) is 18.7 Å². The number of thiazole rings is 1. The van der Waals surface area contributed by atoms with E-state index in [1.807, 2.05) is 0 Å². The average molecular weight is 224 g/mol. The summed E-state index contributed by atoms with van der Waals surface area (Å²) in [6.45, 7) is 7.79. The first kappa shape index (κ1) is 11.1. The van der Waals surface area contributed by atoms with Crippen molar-refractivity contribution >= 4 is 11.3 Å². The van der Waals surface area contributed by atoms with Gasteiger partial charge in [-0.2, -0.15) is 0 Å². The first-order valence-electron chi connectivity index (χ1n) is 5.74. The molecule has 1 saturated carbocycles. The standard InChI is InChI=1S/C12H20N2S/c1-9-8-15-11(14-9)4-7-13-10(2)12(3)5-6-12/h8,10,13H,4-7H2,1-3H3. The highest BCUT2D eigenvalue weighted by atomic mass is 32.1. The second kappa shape index (κ2) is 4.22. The van der Waals surface area contributed by atoms with Crippen LogP contribution < -0.4 is 5.32 Å². The minimum atomic E-state index is 0.582. The topological polar surface area (TPSA) is 24.9 Å². The van der Waals surface area contributed by atoms with E-state index in [-0.39, 0.29) is 0 Å². The maximum absolute atomic E-state index is 4.46. The van der Waals surface area contributed by atoms with Crippen LogP contribution in [0.15, 0.2) is 5.38 Å². The summed E-state index contributed by atoms with van der Waals surface area (Å²) < 4.78 is 0. The number of aryl methyl sites for hydroxylation is 1. The third-order valence-corrected chi connectivity index (χ3v) is 4.57. The van der Waals surface area contributed by atoms with Crippen molar-refractivity contribution in [3.63, 3.8) is 0 Å². The molecule has 0 radical (unpaired) electrons. The van der Waals surface area contributed by atoms with E-state index in [1.165, 1.54) is 17.8 Å². The molecule has 2 nitrogen and oxygen atoms in total. The van der Waals surface area contributed by atoms with Crippen LogP contribution in [0.1, 0.15) is 37.4 Å². The quantitative estimate of drug-likeness (QED) is 0.832. The fourth-order valence-corrected chi connectivity index (χ4v) is 2.57. The zero-order valence-electron chi connectivity index (χ0n) is 9.84. The van der Waals surface area contributed by atoms with Crippen LogP contribution in [-0.2, 0) is 6.42 Å². The smallest absolute Gasteiger partial charge is 0.0940 e. The van der Waals surface area contributed by atoms with Crippen molar-refractivity contribution in [2.24, 2.45) is 5.41 Å². The van der Waals surface area contributed by atoms with Gasteiger partial charge in [0.2, 0.25) is 0 Å². The van der Waals surface area contributed by atoms with Gasteiger partial charge in [0.15, 0.2) is 0 Å². The number of rotatable bonds is 5. The largest absolute Gasteiger partial charge is 0.313 e. The number of nitrogens with zero attached hydrogens (tertiary/aromatic N) is 1. The summed E-state index contributed by atoms with van der Waals surface area (Å²) in [4.78, 5) is 4.46. The fourth-order valence-electron chi connectivity index (χ4n) is 1.79. The Balaban J connectivity index is 1.71. The molecule has 1 heterocycles. The fraction of sp³-hybridized carbons (Fsp3) is 0.750. The Bertz CT molecular complexity index is 328. The molecule has 0 aromatic carbocycles. The predicted molar refractivity (Wildman–Crippen MR) is 65.4 cm³/mol. The van der Waals surface area contributed by atoms with Crippen molar-refractivity contribution in [3.8, 4) is 0 Å². The van der Waals surface area contributed by atoms with E-state index in [0.29, 0.717) is 11.5 Å². The number of aromatic nitrogens is 1. The molecule has 1 atom stereocenters. The minimum absolute atomic E-state index is 0.582. The van der Waals surface area contributed by atoms with Crippen LogP contribution in [0, 0.1) is 12.3 Å². The lowest BCUT2D eigenvalue weighted by atomic mass is 10.0. The third kappa shape index (κ3) is 2.79. The summed E-state index contributed by atoms with van der Waals surface area (Å²) in [7, 11) is 0. The summed E-state index contributed by atoms with van der Waals surface area (Å²) >= 11 is 1.77. The third-order valence-electron chi connectivity index (χ3n) is 3.54. The average Bonchev–Trinajstić information content (AvgIpc) is 2.81. The summed E-state index contributed by atoms with van der Waals surface area (Å²) in [6, 6.07) is 0.651. The van der Waals surface area contributed by atoms with Gasteiger partial charge < -0.3 is 5.32 Å². The Kier molecular flexibility index (Phi) is 3.12.